The lowest BCUT2D eigenvalue weighted by Crippen LogP contribution is -2.12. The molecule has 0 radical (unpaired) electrons. The topological polar surface area (TPSA) is 46.2 Å². The van der Waals surface area contributed by atoms with Crippen LogP contribution in [0.25, 0.3) is 0 Å². The van der Waals surface area contributed by atoms with Gasteiger partial charge in [-0.05, 0) is 6.42 Å². The van der Waals surface area contributed by atoms with Crippen LogP contribution >= 0.6 is 0 Å². The van der Waals surface area contributed by atoms with Gasteiger partial charge in [0.1, 0.15) is 0 Å². The molecule has 0 unspecified atom stereocenters. The largest absolute Gasteiger partial charge is 0.323 e. The van der Waals surface area contributed by atoms with E-state index in [2.05, 4.69) is 5.32 Å². The van der Waals surface area contributed by atoms with Crippen LogP contribution in [0.15, 0.2) is 11.8 Å². The van der Waals surface area contributed by atoms with Crippen LogP contribution in [0.1, 0.15) is 19.8 Å². The van der Waals surface area contributed by atoms with E-state index in [9.17, 15) is 9.59 Å². The van der Waals surface area contributed by atoms with Crippen molar-refractivity contribution in [3.63, 3.8) is 0 Å². The number of amides is 1. The zero-order chi connectivity index (χ0) is 7.56. The maximum Gasteiger partial charge on any atom is 0.232 e. The van der Waals surface area contributed by atoms with Gasteiger partial charge in [-0.3, -0.25) is 9.59 Å². The Morgan fingerprint density at radius 1 is 1.60 bits per heavy atom. The summed E-state index contributed by atoms with van der Waals surface area (Å²) in [6, 6.07) is 0. The Bertz CT molecular complexity index is 206. The normalized spacial score (nSPS) is 21.9. The van der Waals surface area contributed by atoms with Crippen molar-refractivity contribution in [3.05, 3.63) is 11.8 Å². The molecule has 0 spiro atoms. The molecular weight excluding hydrogens is 130 g/mol. The minimum absolute atomic E-state index is 0.0197. The molecule has 0 aliphatic carbocycles. The fourth-order valence-electron chi connectivity index (χ4n) is 0.874. The van der Waals surface area contributed by atoms with Gasteiger partial charge in [-0.15, -0.1) is 0 Å². The van der Waals surface area contributed by atoms with Crippen LogP contribution in [-0.4, -0.2) is 11.7 Å². The summed E-state index contributed by atoms with van der Waals surface area (Å²) < 4.78 is 0. The summed E-state index contributed by atoms with van der Waals surface area (Å²) in [7, 11) is 0. The second-order valence-corrected chi connectivity index (χ2v) is 2.17. The van der Waals surface area contributed by atoms with Crippen molar-refractivity contribution in [2.45, 2.75) is 19.8 Å². The van der Waals surface area contributed by atoms with Gasteiger partial charge in [-0.1, -0.05) is 13.0 Å². The monoisotopic (exact) mass is 139 g/mol. The summed E-state index contributed by atoms with van der Waals surface area (Å²) in [4.78, 5) is 21.4. The lowest BCUT2D eigenvalue weighted by molar-refractivity contribution is -0.121. The molecule has 1 aliphatic rings. The quantitative estimate of drug-likeness (QED) is 0.421. The van der Waals surface area contributed by atoms with Crippen LogP contribution in [0.2, 0.25) is 0 Å². The van der Waals surface area contributed by atoms with E-state index >= 15 is 0 Å². The average Bonchev–Trinajstić information content (AvgIpc) is 2.13. The molecule has 0 aromatic carbocycles. The number of ketones is 1. The van der Waals surface area contributed by atoms with Gasteiger partial charge in [0.05, 0.1) is 12.1 Å². The summed E-state index contributed by atoms with van der Waals surface area (Å²) >= 11 is 0. The Balaban J connectivity index is 2.72. The highest BCUT2D eigenvalue weighted by molar-refractivity contribution is 6.14. The Morgan fingerprint density at radius 2 is 2.30 bits per heavy atom. The molecular formula is C7H9NO2. The molecule has 1 rings (SSSR count). The third kappa shape index (κ3) is 1.23. The minimum Gasteiger partial charge on any atom is -0.323 e. The molecule has 1 N–H and O–H groups in total. The van der Waals surface area contributed by atoms with Crippen molar-refractivity contribution >= 4 is 11.7 Å². The first-order chi connectivity index (χ1) is 4.74. The molecule has 1 fully saturated rings. The van der Waals surface area contributed by atoms with Crippen molar-refractivity contribution in [2.75, 3.05) is 0 Å². The molecule has 1 heterocycles. The summed E-state index contributed by atoms with van der Waals surface area (Å²) in [5.41, 5.74) is 0.465. The molecule has 1 amide bonds. The van der Waals surface area contributed by atoms with Crippen LogP contribution in [0, 0.1) is 0 Å². The lowest BCUT2D eigenvalue weighted by atomic mass is 10.2. The Kier molecular flexibility index (Phi) is 1.85. The van der Waals surface area contributed by atoms with Crippen LogP contribution in [0.4, 0.5) is 0 Å². The maximum atomic E-state index is 10.8. The van der Waals surface area contributed by atoms with Gasteiger partial charge in [0, 0.05) is 0 Å². The predicted octanol–water partition coefficient (Wildman–Crippen LogP) is 0.369. The van der Waals surface area contributed by atoms with Crippen molar-refractivity contribution in [1.29, 1.82) is 0 Å². The van der Waals surface area contributed by atoms with Gasteiger partial charge in [-0.25, -0.2) is 0 Å². The lowest BCUT2D eigenvalue weighted by Gasteiger charge is -1.90. The number of carbonyl (C=O) groups excluding carboxylic acids is 2. The first-order valence-electron chi connectivity index (χ1n) is 3.27. The fraction of sp³-hybridized carbons (Fsp3) is 0.429. The molecule has 1 aliphatic heterocycles. The van der Waals surface area contributed by atoms with E-state index in [0.29, 0.717) is 5.70 Å². The smallest absolute Gasteiger partial charge is 0.232 e. The van der Waals surface area contributed by atoms with Gasteiger partial charge < -0.3 is 5.32 Å². The van der Waals surface area contributed by atoms with Crippen molar-refractivity contribution in [3.8, 4) is 0 Å². The summed E-state index contributed by atoms with van der Waals surface area (Å²) in [6.45, 7) is 1.92. The number of nitrogens with one attached hydrogen (secondary N) is 1. The number of Topliss-reactive ketones (excluding diaryl/α,β-unsaturated/α-hetero) is 1. The molecule has 0 bridgehead atoms. The molecule has 54 valence electrons. The first-order valence-corrected chi connectivity index (χ1v) is 3.27. The van der Waals surface area contributed by atoms with Crippen molar-refractivity contribution in [2.24, 2.45) is 0 Å². The number of allylic oxidation sites excluding steroid dienone is 2. The van der Waals surface area contributed by atoms with E-state index < -0.39 is 0 Å². The number of hydrogen-bond donors (Lipinski definition) is 1. The zero-order valence-electron chi connectivity index (χ0n) is 5.81. The van der Waals surface area contributed by atoms with Crippen LogP contribution < -0.4 is 5.32 Å². The molecule has 0 aromatic heterocycles. The van der Waals surface area contributed by atoms with E-state index in [1.807, 2.05) is 6.92 Å². The van der Waals surface area contributed by atoms with Gasteiger partial charge in [0.25, 0.3) is 0 Å². The molecule has 3 heteroatoms. The summed E-state index contributed by atoms with van der Waals surface area (Å²) in [6.07, 6.45) is 2.53. The number of hydrogen-bond acceptors (Lipinski definition) is 2. The number of rotatable bonds is 1. The third-order valence-corrected chi connectivity index (χ3v) is 1.30. The highest BCUT2D eigenvalue weighted by Crippen LogP contribution is 2.05. The molecule has 10 heavy (non-hydrogen) atoms. The standard InChI is InChI=1S/C7H9NO2/c1-2-3-5-6(9)4-7(10)8-5/h3H,2,4H2,1H3,(H,8,10). The highest BCUT2D eigenvalue weighted by atomic mass is 16.2. The zero-order valence-corrected chi connectivity index (χ0v) is 5.81. The van der Waals surface area contributed by atoms with E-state index in [0.717, 1.165) is 6.42 Å². The SMILES string of the molecule is CCC=C1NC(=O)CC1=O. The number of carbonyl (C=O) groups is 2. The molecule has 1 saturated heterocycles. The van der Waals surface area contributed by atoms with Gasteiger partial charge in [-0.2, -0.15) is 0 Å². The van der Waals surface area contributed by atoms with E-state index in [-0.39, 0.29) is 18.1 Å². The highest BCUT2D eigenvalue weighted by Gasteiger charge is 2.22. The third-order valence-electron chi connectivity index (χ3n) is 1.30. The predicted molar refractivity (Wildman–Crippen MR) is 36.1 cm³/mol. The van der Waals surface area contributed by atoms with Gasteiger partial charge >= 0.3 is 0 Å². The van der Waals surface area contributed by atoms with E-state index in [4.69, 9.17) is 0 Å². The van der Waals surface area contributed by atoms with Crippen LogP contribution in [-0.2, 0) is 9.59 Å². The Hall–Kier alpha value is -1.12. The van der Waals surface area contributed by atoms with Crippen LogP contribution in [0.5, 0.6) is 0 Å². The van der Waals surface area contributed by atoms with Crippen molar-refractivity contribution in [1.82, 2.24) is 5.32 Å². The van der Waals surface area contributed by atoms with E-state index in [1.165, 1.54) is 0 Å². The minimum atomic E-state index is -0.190. The second kappa shape index (κ2) is 2.64. The fourth-order valence-corrected chi connectivity index (χ4v) is 0.874. The Morgan fingerprint density at radius 3 is 2.70 bits per heavy atom. The molecule has 3 nitrogen and oxygen atoms in total. The molecule has 0 atom stereocenters. The van der Waals surface area contributed by atoms with E-state index in [1.54, 1.807) is 6.08 Å². The maximum absolute atomic E-state index is 10.8. The van der Waals surface area contributed by atoms with Gasteiger partial charge in [0.2, 0.25) is 5.91 Å². The first kappa shape index (κ1) is 6.99. The summed E-state index contributed by atoms with van der Waals surface area (Å²) in [5, 5.41) is 2.48. The second-order valence-electron chi connectivity index (χ2n) is 2.17. The van der Waals surface area contributed by atoms with Crippen molar-refractivity contribution < 1.29 is 9.59 Å². The molecule has 0 aromatic rings. The molecule has 0 saturated carbocycles. The van der Waals surface area contributed by atoms with Crippen LogP contribution in [0.3, 0.4) is 0 Å². The van der Waals surface area contributed by atoms with Gasteiger partial charge in [0.15, 0.2) is 5.78 Å². The Labute approximate surface area is 59.1 Å². The summed E-state index contributed by atoms with van der Waals surface area (Å²) in [5.74, 6) is -0.281. The average molecular weight is 139 g/mol.